The third-order valence-electron chi connectivity index (χ3n) is 3.61. The summed E-state index contributed by atoms with van der Waals surface area (Å²) in [5.41, 5.74) is 0.255. The van der Waals surface area contributed by atoms with Gasteiger partial charge in [0, 0.05) is 25.2 Å². The van der Waals surface area contributed by atoms with E-state index >= 15 is 0 Å². The summed E-state index contributed by atoms with van der Waals surface area (Å²) in [6, 6.07) is 0. The van der Waals surface area contributed by atoms with Crippen LogP contribution < -0.4 is 5.32 Å². The van der Waals surface area contributed by atoms with Crippen molar-refractivity contribution in [3.05, 3.63) is 0 Å². The summed E-state index contributed by atoms with van der Waals surface area (Å²) in [4.78, 5) is 2.58. The normalized spacial score (nSPS) is 32.2. The first-order valence-electron chi connectivity index (χ1n) is 6.75. The van der Waals surface area contributed by atoms with Gasteiger partial charge in [-0.15, -0.1) is 0 Å². The fourth-order valence-electron chi connectivity index (χ4n) is 2.82. The van der Waals surface area contributed by atoms with E-state index in [2.05, 4.69) is 24.1 Å². The molecule has 2 aliphatic rings. The molecule has 0 bridgehead atoms. The number of nitrogens with zero attached hydrogens (tertiary/aromatic N) is 1. The van der Waals surface area contributed by atoms with Crippen LogP contribution in [0.3, 0.4) is 0 Å². The van der Waals surface area contributed by atoms with Crippen molar-refractivity contribution in [2.24, 2.45) is 0 Å². The smallest absolute Gasteiger partial charge is 0.0702 e. The quantitative estimate of drug-likeness (QED) is 0.774. The zero-order chi connectivity index (χ0) is 11.4. The molecule has 1 unspecified atom stereocenters. The first-order valence-corrected chi connectivity index (χ1v) is 6.75. The average Bonchev–Trinajstić information content (AvgIpc) is 2.40. The number of nitrogens with one attached hydrogen (secondary N) is 1. The van der Waals surface area contributed by atoms with Crippen LogP contribution in [-0.4, -0.2) is 49.3 Å². The Kier molecular flexibility index (Phi) is 4.22. The molecule has 16 heavy (non-hydrogen) atoms. The molecule has 0 aromatic heterocycles. The number of rotatable bonds is 2. The molecule has 2 rings (SSSR count). The summed E-state index contributed by atoms with van der Waals surface area (Å²) in [5.74, 6) is 0. The minimum absolute atomic E-state index is 0.255. The molecule has 0 aromatic rings. The third kappa shape index (κ3) is 3.72. The van der Waals surface area contributed by atoms with Crippen molar-refractivity contribution in [2.45, 2.75) is 51.2 Å². The lowest BCUT2D eigenvalue weighted by Gasteiger charge is -2.33. The highest BCUT2D eigenvalue weighted by Crippen LogP contribution is 2.16. The van der Waals surface area contributed by atoms with E-state index in [0.717, 1.165) is 26.2 Å². The van der Waals surface area contributed by atoms with E-state index in [1.807, 2.05) is 0 Å². The molecule has 0 saturated carbocycles. The highest BCUT2D eigenvalue weighted by molar-refractivity contribution is 4.85. The molecule has 3 nitrogen and oxygen atoms in total. The molecule has 3 heteroatoms. The molecule has 94 valence electrons. The van der Waals surface area contributed by atoms with Crippen LogP contribution in [0.25, 0.3) is 0 Å². The van der Waals surface area contributed by atoms with E-state index in [9.17, 15) is 0 Å². The Labute approximate surface area is 99.5 Å². The monoisotopic (exact) mass is 226 g/mol. The molecule has 0 amide bonds. The number of hydrogen-bond donors (Lipinski definition) is 1. The van der Waals surface area contributed by atoms with Gasteiger partial charge in [-0.2, -0.15) is 0 Å². The van der Waals surface area contributed by atoms with E-state index in [4.69, 9.17) is 4.74 Å². The molecule has 0 spiro atoms. The standard InChI is InChI=1S/C13H26N2O/c1-13(2)11-15(8-5-7-14-13)10-12-6-3-4-9-16-12/h12,14H,3-11H2,1-2H3. The zero-order valence-corrected chi connectivity index (χ0v) is 10.8. The van der Waals surface area contributed by atoms with Gasteiger partial charge in [-0.3, -0.25) is 4.90 Å². The van der Waals surface area contributed by atoms with Crippen LogP contribution in [0.15, 0.2) is 0 Å². The van der Waals surface area contributed by atoms with Crippen LogP contribution in [0.5, 0.6) is 0 Å². The summed E-state index contributed by atoms with van der Waals surface area (Å²) < 4.78 is 5.83. The summed E-state index contributed by atoms with van der Waals surface area (Å²) in [5, 5.41) is 3.61. The van der Waals surface area contributed by atoms with Crippen LogP contribution >= 0.6 is 0 Å². The lowest BCUT2D eigenvalue weighted by atomic mass is 10.0. The maximum absolute atomic E-state index is 5.83. The molecule has 0 aliphatic carbocycles. The van der Waals surface area contributed by atoms with Crippen molar-refractivity contribution in [2.75, 3.05) is 32.8 Å². The predicted octanol–water partition coefficient (Wildman–Crippen LogP) is 1.63. The average molecular weight is 226 g/mol. The van der Waals surface area contributed by atoms with E-state index < -0.39 is 0 Å². The Morgan fingerprint density at radius 3 is 2.94 bits per heavy atom. The Morgan fingerprint density at radius 2 is 2.19 bits per heavy atom. The molecule has 0 aromatic carbocycles. The molecule has 2 aliphatic heterocycles. The summed E-state index contributed by atoms with van der Waals surface area (Å²) in [6.45, 7) is 10.2. The summed E-state index contributed by atoms with van der Waals surface area (Å²) in [7, 11) is 0. The van der Waals surface area contributed by atoms with Crippen LogP contribution in [0.1, 0.15) is 39.5 Å². The minimum atomic E-state index is 0.255. The zero-order valence-electron chi connectivity index (χ0n) is 10.8. The van der Waals surface area contributed by atoms with Gasteiger partial charge < -0.3 is 10.1 Å². The SMILES string of the molecule is CC1(C)CN(CC2CCCCO2)CCCN1. The van der Waals surface area contributed by atoms with Gasteiger partial charge in [-0.1, -0.05) is 0 Å². The fourth-order valence-corrected chi connectivity index (χ4v) is 2.82. The molecule has 2 heterocycles. The largest absolute Gasteiger partial charge is 0.377 e. The van der Waals surface area contributed by atoms with E-state index in [0.29, 0.717) is 6.10 Å². The van der Waals surface area contributed by atoms with Crippen LogP contribution in [0, 0.1) is 0 Å². The van der Waals surface area contributed by atoms with Crippen LogP contribution in [0.2, 0.25) is 0 Å². The van der Waals surface area contributed by atoms with Crippen molar-refractivity contribution >= 4 is 0 Å². The maximum Gasteiger partial charge on any atom is 0.0702 e. The summed E-state index contributed by atoms with van der Waals surface area (Å²) in [6.07, 6.45) is 5.60. The Morgan fingerprint density at radius 1 is 1.31 bits per heavy atom. The summed E-state index contributed by atoms with van der Waals surface area (Å²) >= 11 is 0. The highest BCUT2D eigenvalue weighted by atomic mass is 16.5. The molecular weight excluding hydrogens is 200 g/mol. The second kappa shape index (κ2) is 5.48. The highest BCUT2D eigenvalue weighted by Gasteiger charge is 2.26. The van der Waals surface area contributed by atoms with Gasteiger partial charge in [-0.25, -0.2) is 0 Å². The Bertz CT molecular complexity index is 212. The maximum atomic E-state index is 5.83. The molecule has 1 atom stereocenters. The lowest BCUT2D eigenvalue weighted by molar-refractivity contribution is -0.00744. The van der Waals surface area contributed by atoms with Gasteiger partial charge >= 0.3 is 0 Å². The first kappa shape index (κ1) is 12.3. The third-order valence-corrected chi connectivity index (χ3v) is 3.61. The Hall–Kier alpha value is -0.120. The Balaban J connectivity index is 1.82. The second-order valence-electron chi connectivity index (χ2n) is 5.89. The van der Waals surface area contributed by atoms with Crippen LogP contribution in [0.4, 0.5) is 0 Å². The fraction of sp³-hybridized carbons (Fsp3) is 1.00. The molecule has 1 N–H and O–H groups in total. The second-order valence-corrected chi connectivity index (χ2v) is 5.89. The lowest BCUT2D eigenvalue weighted by Crippen LogP contribution is -2.48. The van der Waals surface area contributed by atoms with E-state index in [1.165, 1.54) is 32.2 Å². The predicted molar refractivity (Wildman–Crippen MR) is 66.7 cm³/mol. The van der Waals surface area contributed by atoms with E-state index in [1.54, 1.807) is 0 Å². The van der Waals surface area contributed by atoms with Crippen molar-refractivity contribution in [3.63, 3.8) is 0 Å². The minimum Gasteiger partial charge on any atom is -0.377 e. The van der Waals surface area contributed by atoms with Gasteiger partial charge in [0.1, 0.15) is 0 Å². The molecule has 2 saturated heterocycles. The number of ether oxygens (including phenoxy) is 1. The van der Waals surface area contributed by atoms with Crippen LogP contribution in [-0.2, 0) is 4.74 Å². The molecule has 2 fully saturated rings. The van der Waals surface area contributed by atoms with Gasteiger partial charge in [0.05, 0.1) is 6.10 Å². The van der Waals surface area contributed by atoms with Gasteiger partial charge in [0.2, 0.25) is 0 Å². The van der Waals surface area contributed by atoms with Crippen molar-refractivity contribution in [1.29, 1.82) is 0 Å². The molecular formula is C13H26N2O. The molecule has 0 radical (unpaired) electrons. The van der Waals surface area contributed by atoms with Crippen molar-refractivity contribution < 1.29 is 4.74 Å². The van der Waals surface area contributed by atoms with Gasteiger partial charge in [-0.05, 0) is 52.6 Å². The van der Waals surface area contributed by atoms with Crippen molar-refractivity contribution in [3.8, 4) is 0 Å². The van der Waals surface area contributed by atoms with E-state index in [-0.39, 0.29) is 5.54 Å². The van der Waals surface area contributed by atoms with Gasteiger partial charge in [0.25, 0.3) is 0 Å². The topological polar surface area (TPSA) is 24.5 Å². The first-order chi connectivity index (χ1) is 7.66. The van der Waals surface area contributed by atoms with Gasteiger partial charge in [0.15, 0.2) is 0 Å². The number of hydrogen-bond acceptors (Lipinski definition) is 3. The van der Waals surface area contributed by atoms with Crippen molar-refractivity contribution in [1.82, 2.24) is 10.2 Å².